The Morgan fingerprint density at radius 2 is 2.00 bits per heavy atom. The molecule has 1 heterocycles. The van der Waals surface area contributed by atoms with E-state index in [9.17, 15) is 14.4 Å². The van der Waals surface area contributed by atoms with Crippen molar-refractivity contribution in [1.29, 1.82) is 0 Å². The molecule has 4 amide bonds. The van der Waals surface area contributed by atoms with E-state index in [4.69, 9.17) is 0 Å². The van der Waals surface area contributed by atoms with E-state index in [1.807, 2.05) is 45.0 Å². The molecule has 0 radical (unpaired) electrons. The van der Waals surface area contributed by atoms with E-state index in [-0.39, 0.29) is 30.3 Å². The van der Waals surface area contributed by atoms with Crippen LogP contribution in [0.2, 0.25) is 0 Å². The number of nitrogens with one attached hydrogen (secondary N) is 2. The Balaban J connectivity index is 1.78. The van der Waals surface area contributed by atoms with Gasteiger partial charge in [-0.1, -0.05) is 38.1 Å². The van der Waals surface area contributed by atoms with Gasteiger partial charge in [-0.05, 0) is 36.8 Å². The highest BCUT2D eigenvalue weighted by Crippen LogP contribution is 2.41. The average Bonchev–Trinajstić information content (AvgIpc) is 3.02. The number of rotatable bonds is 4. The van der Waals surface area contributed by atoms with Gasteiger partial charge >= 0.3 is 6.03 Å². The normalized spacial score (nSPS) is 23.6. The summed E-state index contributed by atoms with van der Waals surface area (Å²) in [5, 5.41) is 5.66. The van der Waals surface area contributed by atoms with Crippen LogP contribution in [0, 0.1) is 5.92 Å². The summed E-state index contributed by atoms with van der Waals surface area (Å²) in [6.45, 7) is 5.67. The van der Waals surface area contributed by atoms with Gasteiger partial charge in [0, 0.05) is 6.04 Å². The summed E-state index contributed by atoms with van der Waals surface area (Å²) in [5.74, 6) is -0.363. The zero-order valence-electron chi connectivity index (χ0n) is 14.3. The molecule has 1 aromatic carbocycles. The van der Waals surface area contributed by atoms with Gasteiger partial charge in [-0.3, -0.25) is 14.5 Å². The van der Waals surface area contributed by atoms with Crippen molar-refractivity contribution in [3.63, 3.8) is 0 Å². The van der Waals surface area contributed by atoms with Gasteiger partial charge in [-0.15, -0.1) is 0 Å². The van der Waals surface area contributed by atoms with Crippen LogP contribution in [0.15, 0.2) is 24.3 Å². The van der Waals surface area contributed by atoms with Crippen molar-refractivity contribution in [3.05, 3.63) is 35.4 Å². The molecular weight excluding hydrogens is 306 g/mol. The van der Waals surface area contributed by atoms with Gasteiger partial charge in [0.2, 0.25) is 5.91 Å². The lowest BCUT2D eigenvalue weighted by molar-refractivity contribution is -0.135. The zero-order valence-corrected chi connectivity index (χ0v) is 14.3. The molecule has 0 aromatic heterocycles. The number of carbonyl (C=O) groups excluding carboxylic acids is 3. The Kier molecular flexibility index (Phi) is 4.07. The van der Waals surface area contributed by atoms with E-state index < -0.39 is 11.6 Å². The summed E-state index contributed by atoms with van der Waals surface area (Å²) in [7, 11) is 0. The highest BCUT2D eigenvalue weighted by Gasteiger charge is 2.55. The van der Waals surface area contributed by atoms with Crippen LogP contribution in [0.25, 0.3) is 0 Å². The maximum atomic E-state index is 12.9. The van der Waals surface area contributed by atoms with E-state index in [0.29, 0.717) is 6.42 Å². The minimum absolute atomic E-state index is 0.0144. The van der Waals surface area contributed by atoms with Crippen LogP contribution in [0.3, 0.4) is 0 Å². The minimum atomic E-state index is -1.00. The second kappa shape index (κ2) is 5.92. The Labute approximate surface area is 141 Å². The quantitative estimate of drug-likeness (QED) is 0.823. The van der Waals surface area contributed by atoms with Gasteiger partial charge in [0.05, 0.1) is 0 Å². The SMILES string of the molecule is CC(C)[C@@H](C)NC(=O)CN1C(=O)N[C@]2(CCc3ccccc32)C1=O. The topological polar surface area (TPSA) is 78.5 Å². The Hall–Kier alpha value is -2.37. The van der Waals surface area contributed by atoms with Crippen molar-refractivity contribution in [2.75, 3.05) is 6.54 Å². The molecule has 1 aliphatic heterocycles. The first kappa shape index (κ1) is 16.5. The molecule has 2 N–H and O–H groups in total. The van der Waals surface area contributed by atoms with Gasteiger partial charge in [0.1, 0.15) is 12.1 Å². The summed E-state index contributed by atoms with van der Waals surface area (Å²) >= 11 is 0. The van der Waals surface area contributed by atoms with Crippen molar-refractivity contribution in [2.45, 2.75) is 45.2 Å². The number of carbonyl (C=O) groups is 3. The number of urea groups is 1. The third kappa shape index (κ3) is 2.56. The number of nitrogens with zero attached hydrogens (tertiary/aromatic N) is 1. The van der Waals surface area contributed by atoms with Crippen LogP contribution in [-0.4, -0.2) is 35.3 Å². The van der Waals surface area contributed by atoms with Crippen LogP contribution in [-0.2, 0) is 21.5 Å². The molecule has 2 aliphatic rings. The minimum Gasteiger partial charge on any atom is -0.352 e. The molecular formula is C18H23N3O3. The maximum absolute atomic E-state index is 12.9. The van der Waals surface area contributed by atoms with Crippen LogP contribution < -0.4 is 10.6 Å². The van der Waals surface area contributed by atoms with E-state index in [0.717, 1.165) is 22.4 Å². The lowest BCUT2D eigenvalue weighted by Gasteiger charge is -2.23. The van der Waals surface area contributed by atoms with Gasteiger partial charge in [0.15, 0.2) is 0 Å². The summed E-state index contributed by atoms with van der Waals surface area (Å²) in [6.07, 6.45) is 1.28. The lowest BCUT2D eigenvalue weighted by Crippen LogP contribution is -2.46. The fourth-order valence-electron chi connectivity index (χ4n) is 3.34. The first-order valence-electron chi connectivity index (χ1n) is 8.37. The molecule has 1 saturated heterocycles. The van der Waals surface area contributed by atoms with Crippen molar-refractivity contribution < 1.29 is 14.4 Å². The predicted octanol–water partition coefficient (Wildman–Crippen LogP) is 1.54. The third-order valence-corrected chi connectivity index (χ3v) is 5.11. The molecule has 128 valence electrons. The van der Waals surface area contributed by atoms with Crippen molar-refractivity contribution in [1.82, 2.24) is 15.5 Å². The standard InChI is InChI=1S/C18H23N3O3/c1-11(2)12(3)19-15(22)10-21-16(23)18(20-17(21)24)9-8-13-6-4-5-7-14(13)18/h4-7,11-12H,8-10H2,1-3H3,(H,19,22)(H,20,24)/t12-,18+/m1/s1. The van der Waals surface area contributed by atoms with Gasteiger partial charge < -0.3 is 10.6 Å². The lowest BCUT2D eigenvalue weighted by atomic mass is 9.92. The maximum Gasteiger partial charge on any atom is 0.325 e. The molecule has 2 atom stereocenters. The first-order valence-corrected chi connectivity index (χ1v) is 8.37. The monoisotopic (exact) mass is 329 g/mol. The second-order valence-corrected chi connectivity index (χ2v) is 6.98. The molecule has 1 aliphatic carbocycles. The van der Waals surface area contributed by atoms with Crippen LogP contribution in [0.5, 0.6) is 0 Å². The second-order valence-electron chi connectivity index (χ2n) is 6.98. The molecule has 6 nitrogen and oxygen atoms in total. The molecule has 1 spiro atoms. The van der Waals surface area contributed by atoms with E-state index in [2.05, 4.69) is 10.6 Å². The summed E-state index contributed by atoms with van der Waals surface area (Å²) in [5.41, 5.74) is 0.921. The number of fused-ring (bicyclic) bond motifs is 2. The van der Waals surface area contributed by atoms with Crippen molar-refractivity contribution in [2.24, 2.45) is 5.92 Å². The molecule has 1 fully saturated rings. The number of aryl methyl sites for hydroxylation is 1. The van der Waals surface area contributed by atoms with Gasteiger partial charge in [-0.2, -0.15) is 0 Å². The number of hydrogen-bond acceptors (Lipinski definition) is 3. The van der Waals surface area contributed by atoms with E-state index >= 15 is 0 Å². The summed E-state index contributed by atoms with van der Waals surface area (Å²) < 4.78 is 0. The zero-order chi connectivity index (χ0) is 17.5. The number of amides is 4. The Morgan fingerprint density at radius 3 is 2.71 bits per heavy atom. The molecule has 6 heteroatoms. The predicted molar refractivity (Wildman–Crippen MR) is 89.1 cm³/mol. The van der Waals surface area contributed by atoms with Crippen LogP contribution in [0.4, 0.5) is 4.79 Å². The fraction of sp³-hybridized carbons (Fsp3) is 0.500. The largest absolute Gasteiger partial charge is 0.352 e. The number of hydrogen-bond donors (Lipinski definition) is 2. The van der Waals surface area contributed by atoms with Crippen LogP contribution >= 0.6 is 0 Å². The van der Waals surface area contributed by atoms with Crippen LogP contribution in [0.1, 0.15) is 38.3 Å². The molecule has 24 heavy (non-hydrogen) atoms. The van der Waals surface area contributed by atoms with Gasteiger partial charge in [-0.25, -0.2) is 4.79 Å². The molecule has 1 aromatic rings. The first-order chi connectivity index (χ1) is 11.3. The van der Waals surface area contributed by atoms with E-state index in [1.165, 1.54) is 0 Å². The molecule has 0 unspecified atom stereocenters. The van der Waals surface area contributed by atoms with Crippen molar-refractivity contribution in [3.8, 4) is 0 Å². The average molecular weight is 329 g/mol. The molecule has 0 bridgehead atoms. The summed E-state index contributed by atoms with van der Waals surface area (Å²) in [4.78, 5) is 38.4. The molecule has 0 saturated carbocycles. The number of benzene rings is 1. The smallest absolute Gasteiger partial charge is 0.325 e. The Bertz CT molecular complexity index is 701. The van der Waals surface area contributed by atoms with Gasteiger partial charge in [0.25, 0.3) is 5.91 Å². The third-order valence-electron chi connectivity index (χ3n) is 5.11. The summed E-state index contributed by atoms with van der Waals surface area (Å²) in [6, 6.07) is 7.14. The highest BCUT2D eigenvalue weighted by molar-refractivity contribution is 6.09. The highest BCUT2D eigenvalue weighted by atomic mass is 16.2. The Morgan fingerprint density at radius 1 is 1.29 bits per heavy atom. The fourth-order valence-corrected chi connectivity index (χ4v) is 3.34. The van der Waals surface area contributed by atoms with Crippen molar-refractivity contribution >= 4 is 17.8 Å². The van der Waals surface area contributed by atoms with E-state index in [1.54, 1.807) is 0 Å². The molecule has 3 rings (SSSR count). The number of imide groups is 1.